The quantitative estimate of drug-likeness (QED) is 0.410. The highest BCUT2D eigenvalue weighted by molar-refractivity contribution is 6.05. The fraction of sp³-hybridized carbons (Fsp3) is 0.160. The first-order chi connectivity index (χ1) is 16.4. The molecule has 2 aromatic heterocycles. The smallest absolute Gasteiger partial charge is 0.328 e. The molecule has 0 bridgehead atoms. The number of amides is 2. The number of aromatic amines is 1. The highest BCUT2D eigenvalue weighted by Gasteiger charge is 2.12. The largest absolute Gasteiger partial charge is 0.354 e. The maximum absolute atomic E-state index is 12.8. The standard InChI is InChI=1S/C25H23N5O4/c1-3-11-30-24(33)19-9-7-16(13-21(19)29-25(30)34)15-5-4-6-17(12-15)22(31)28-18-8-10-20(27-14-18)23(32)26-2/h4-10,12-14H,3,11H2,1-2H3,(H,26,32)(H,28,31)(H,29,34). The van der Waals surface area contributed by atoms with Crippen LogP contribution < -0.4 is 21.9 Å². The molecule has 3 N–H and O–H groups in total. The summed E-state index contributed by atoms with van der Waals surface area (Å²) in [5, 5.41) is 5.68. The molecular formula is C25H23N5O4. The number of fused-ring (bicyclic) bond motifs is 1. The van der Waals surface area contributed by atoms with E-state index in [0.717, 1.165) is 11.1 Å². The Balaban J connectivity index is 1.61. The molecule has 34 heavy (non-hydrogen) atoms. The van der Waals surface area contributed by atoms with Gasteiger partial charge in [-0.3, -0.25) is 19.0 Å². The van der Waals surface area contributed by atoms with E-state index in [0.29, 0.717) is 35.1 Å². The Morgan fingerprint density at radius 1 is 1.00 bits per heavy atom. The SMILES string of the molecule is CCCn1c(=O)[nH]c2cc(-c3cccc(C(=O)Nc4ccc(C(=O)NC)nc4)c3)ccc2c1=O. The molecule has 2 amide bonds. The number of nitrogens with one attached hydrogen (secondary N) is 3. The highest BCUT2D eigenvalue weighted by Crippen LogP contribution is 2.23. The molecule has 0 spiro atoms. The zero-order chi connectivity index (χ0) is 24.2. The first kappa shape index (κ1) is 22.7. The van der Waals surface area contributed by atoms with E-state index in [2.05, 4.69) is 20.6 Å². The van der Waals surface area contributed by atoms with Gasteiger partial charge >= 0.3 is 5.69 Å². The lowest BCUT2D eigenvalue weighted by atomic mass is 10.0. The Bertz CT molecular complexity index is 1500. The molecule has 0 fully saturated rings. The van der Waals surface area contributed by atoms with Crippen molar-refractivity contribution in [3.63, 3.8) is 0 Å². The topological polar surface area (TPSA) is 126 Å². The normalized spacial score (nSPS) is 10.8. The summed E-state index contributed by atoms with van der Waals surface area (Å²) in [5.74, 6) is -0.653. The summed E-state index contributed by atoms with van der Waals surface area (Å²) in [6.45, 7) is 2.26. The molecule has 9 nitrogen and oxygen atoms in total. The summed E-state index contributed by atoms with van der Waals surface area (Å²) in [6.07, 6.45) is 2.09. The predicted molar refractivity (Wildman–Crippen MR) is 130 cm³/mol. The molecule has 0 unspecified atom stereocenters. The molecule has 0 radical (unpaired) electrons. The van der Waals surface area contributed by atoms with Gasteiger partial charge in [0.05, 0.1) is 22.8 Å². The number of pyridine rings is 1. The van der Waals surface area contributed by atoms with Gasteiger partial charge in [-0.2, -0.15) is 0 Å². The summed E-state index contributed by atoms with van der Waals surface area (Å²) < 4.78 is 1.20. The van der Waals surface area contributed by atoms with Crippen LogP contribution in [0.1, 0.15) is 34.2 Å². The fourth-order valence-electron chi connectivity index (χ4n) is 3.63. The number of hydrogen-bond donors (Lipinski definition) is 3. The third kappa shape index (κ3) is 4.49. The Morgan fingerprint density at radius 3 is 2.50 bits per heavy atom. The van der Waals surface area contributed by atoms with Crippen LogP contribution in [0, 0.1) is 0 Å². The van der Waals surface area contributed by atoms with Gasteiger partial charge in [-0.1, -0.05) is 25.1 Å². The number of anilines is 1. The van der Waals surface area contributed by atoms with Gasteiger partial charge in [0.25, 0.3) is 17.4 Å². The van der Waals surface area contributed by atoms with Gasteiger partial charge in [0.15, 0.2) is 0 Å². The maximum Gasteiger partial charge on any atom is 0.328 e. The summed E-state index contributed by atoms with van der Waals surface area (Å²) in [4.78, 5) is 56.1. The van der Waals surface area contributed by atoms with Crippen molar-refractivity contribution >= 4 is 28.4 Å². The van der Waals surface area contributed by atoms with Crippen LogP contribution in [0.2, 0.25) is 0 Å². The van der Waals surface area contributed by atoms with Crippen LogP contribution in [-0.2, 0) is 6.54 Å². The molecule has 0 aliphatic heterocycles. The van der Waals surface area contributed by atoms with Crippen LogP contribution in [0.15, 0.2) is 70.4 Å². The van der Waals surface area contributed by atoms with E-state index >= 15 is 0 Å². The molecule has 0 saturated carbocycles. The van der Waals surface area contributed by atoms with E-state index in [1.807, 2.05) is 13.0 Å². The van der Waals surface area contributed by atoms with Crippen molar-refractivity contribution in [3.05, 3.63) is 92.9 Å². The molecule has 0 aliphatic rings. The molecular weight excluding hydrogens is 434 g/mol. The number of hydrogen-bond acceptors (Lipinski definition) is 5. The van der Waals surface area contributed by atoms with Crippen molar-refractivity contribution < 1.29 is 9.59 Å². The van der Waals surface area contributed by atoms with Gasteiger partial charge in [-0.05, 0) is 53.9 Å². The molecule has 4 rings (SSSR count). The van der Waals surface area contributed by atoms with Crippen LogP contribution in [0.4, 0.5) is 5.69 Å². The number of benzene rings is 2. The fourth-order valence-corrected chi connectivity index (χ4v) is 3.63. The minimum Gasteiger partial charge on any atom is -0.354 e. The first-order valence-corrected chi connectivity index (χ1v) is 10.8. The van der Waals surface area contributed by atoms with Crippen LogP contribution in [0.3, 0.4) is 0 Å². The average Bonchev–Trinajstić information content (AvgIpc) is 2.86. The van der Waals surface area contributed by atoms with Crippen molar-refractivity contribution in [3.8, 4) is 11.1 Å². The lowest BCUT2D eigenvalue weighted by Gasteiger charge is -2.09. The number of rotatable bonds is 6. The molecule has 4 aromatic rings. The van der Waals surface area contributed by atoms with Gasteiger partial charge in [0, 0.05) is 19.2 Å². The lowest BCUT2D eigenvalue weighted by Crippen LogP contribution is -2.34. The molecule has 0 saturated heterocycles. The highest BCUT2D eigenvalue weighted by atomic mass is 16.2. The van der Waals surface area contributed by atoms with Crippen molar-refractivity contribution in [1.82, 2.24) is 19.9 Å². The lowest BCUT2D eigenvalue weighted by molar-refractivity contribution is 0.0957. The third-order valence-corrected chi connectivity index (χ3v) is 5.37. The minimum atomic E-state index is -0.444. The van der Waals surface area contributed by atoms with E-state index in [1.54, 1.807) is 42.5 Å². The number of nitrogens with zero attached hydrogens (tertiary/aromatic N) is 2. The average molecular weight is 457 g/mol. The predicted octanol–water partition coefficient (Wildman–Crippen LogP) is 2.77. The van der Waals surface area contributed by atoms with Gasteiger partial charge < -0.3 is 15.6 Å². The summed E-state index contributed by atoms with van der Waals surface area (Å²) in [7, 11) is 1.52. The zero-order valence-electron chi connectivity index (χ0n) is 18.7. The van der Waals surface area contributed by atoms with Gasteiger partial charge in [-0.25, -0.2) is 9.78 Å². The Labute approximate surface area is 194 Å². The Kier molecular flexibility index (Phi) is 6.35. The summed E-state index contributed by atoms with van der Waals surface area (Å²) in [5.41, 5.74) is 2.30. The number of carbonyl (C=O) groups excluding carboxylic acids is 2. The molecule has 9 heteroatoms. The first-order valence-electron chi connectivity index (χ1n) is 10.8. The van der Waals surface area contributed by atoms with E-state index < -0.39 is 5.69 Å². The van der Waals surface area contributed by atoms with Crippen LogP contribution in [0.5, 0.6) is 0 Å². The van der Waals surface area contributed by atoms with Crippen molar-refractivity contribution in [2.75, 3.05) is 12.4 Å². The van der Waals surface area contributed by atoms with E-state index in [4.69, 9.17) is 0 Å². The summed E-state index contributed by atoms with van der Waals surface area (Å²) in [6, 6.07) is 15.3. The number of carbonyl (C=O) groups is 2. The van der Waals surface area contributed by atoms with Gasteiger partial charge in [0.2, 0.25) is 0 Å². The molecule has 0 atom stereocenters. The van der Waals surface area contributed by atoms with Crippen LogP contribution in [0.25, 0.3) is 22.0 Å². The number of aromatic nitrogens is 3. The van der Waals surface area contributed by atoms with Crippen LogP contribution in [-0.4, -0.2) is 33.4 Å². The number of H-pyrrole nitrogens is 1. The summed E-state index contributed by atoms with van der Waals surface area (Å²) >= 11 is 0. The monoisotopic (exact) mass is 457 g/mol. The second kappa shape index (κ2) is 9.53. The minimum absolute atomic E-state index is 0.248. The zero-order valence-corrected chi connectivity index (χ0v) is 18.7. The van der Waals surface area contributed by atoms with Crippen molar-refractivity contribution in [2.45, 2.75) is 19.9 Å². The van der Waals surface area contributed by atoms with Gasteiger partial charge in [-0.15, -0.1) is 0 Å². The second-order valence-corrected chi connectivity index (χ2v) is 7.69. The second-order valence-electron chi connectivity index (χ2n) is 7.69. The van der Waals surface area contributed by atoms with Gasteiger partial charge in [0.1, 0.15) is 5.69 Å². The van der Waals surface area contributed by atoms with E-state index in [9.17, 15) is 19.2 Å². The molecule has 2 aromatic carbocycles. The van der Waals surface area contributed by atoms with Crippen molar-refractivity contribution in [1.29, 1.82) is 0 Å². The molecule has 2 heterocycles. The Hall–Kier alpha value is -4.53. The Morgan fingerprint density at radius 2 is 1.79 bits per heavy atom. The van der Waals surface area contributed by atoms with Crippen LogP contribution >= 0.6 is 0 Å². The van der Waals surface area contributed by atoms with E-state index in [-0.39, 0.29) is 23.1 Å². The maximum atomic E-state index is 12.8. The molecule has 0 aliphatic carbocycles. The third-order valence-electron chi connectivity index (χ3n) is 5.37. The van der Waals surface area contributed by atoms with Crippen molar-refractivity contribution in [2.24, 2.45) is 0 Å². The van der Waals surface area contributed by atoms with E-state index in [1.165, 1.54) is 23.9 Å². The molecule has 172 valence electrons.